The summed E-state index contributed by atoms with van der Waals surface area (Å²) in [7, 11) is 0. The number of amides is 1. The number of carbonyl (C=O) groups is 1. The molecule has 1 aliphatic rings. The molecule has 0 radical (unpaired) electrons. The molecular formula is C16H21ClN4O2. The Kier molecular flexibility index (Phi) is 5.38. The Bertz CT molecular complexity index is 688. The van der Waals surface area contributed by atoms with Crippen LogP contribution in [0.1, 0.15) is 29.5 Å². The van der Waals surface area contributed by atoms with Gasteiger partial charge in [-0.15, -0.1) is 12.4 Å². The maximum absolute atomic E-state index is 12.9. The Morgan fingerprint density at radius 1 is 1.43 bits per heavy atom. The summed E-state index contributed by atoms with van der Waals surface area (Å²) in [5, 5.41) is 3.80. The highest BCUT2D eigenvalue weighted by Gasteiger charge is 2.33. The molecule has 2 N–H and O–H groups in total. The van der Waals surface area contributed by atoms with Crippen molar-refractivity contribution in [3.8, 4) is 11.5 Å². The van der Waals surface area contributed by atoms with Crippen molar-refractivity contribution >= 4 is 18.3 Å². The average Bonchev–Trinajstić information content (AvgIpc) is 3.12. The van der Waals surface area contributed by atoms with Gasteiger partial charge in [0.15, 0.2) is 5.82 Å². The summed E-state index contributed by atoms with van der Waals surface area (Å²) < 4.78 is 5.22. The van der Waals surface area contributed by atoms with Crippen molar-refractivity contribution in [3.63, 3.8) is 0 Å². The van der Waals surface area contributed by atoms with Crippen LogP contribution in [-0.2, 0) is 0 Å². The van der Waals surface area contributed by atoms with Crippen LogP contribution in [0.3, 0.4) is 0 Å². The highest BCUT2D eigenvalue weighted by molar-refractivity contribution is 6.00. The Balaban J connectivity index is 0.00000192. The van der Waals surface area contributed by atoms with E-state index in [-0.39, 0.29) is 24.4 Å². The van der Waals surface area contributed by atoms with Crippen molar-refractivity contribution in [1.82, 2.24) is 15.0 Å². The van der Waals surface area contributed by atoms with Gasteiger partial charge < -0.3 is 15.2 Å². The number of rotatable bonds is 3. The molecule has 1 amide bonds. The van der Waals surface area contributed by atoms with Crippen LogP contribution in [0.25, 0.3) is 11.5 Å². The zero-order chi connectivity index (χ0) is 15.7. The Labute approximate surface area is 141 Å². The molecule has 3 rings (SSSR count). The monoisotopic (exact) mass is 336 g/mol. The predicted molar refractivity (Wildman–Crippen MR) is 89.4 cm³/mol. The van der Waals surface area contributed by atoms with E-state index < -0.39 is 0 Å². The summed E-state index contributed by atoms with van der Waals surface area (Å²) >= 11 is 0. The standard InChI is InChI=1S/C16H20N4O2.ClH/c1-10-7-12(8-17)9-20(10)16(21)14-6-4-3-5-13(14)15-18-11(2)19-22-15;/h3-6,10,12H,7-9,17H2,1-2H3;1H. The van der Waals surface area contributed by atoms with Crippen molar-refractivity contribution in [3.05, 3.63) is 35.7 Å². The summed E-state index contributed by atoms with van der Waals surface area (Å²) in [6.07, 6.45) is 0.948. The van der Waals surface area contributed by atoms with Crippen molar-refractivity contribution < 1.29 is 9.32 Å². The van der Waals surface area contributed by atoms with Crippen LogP contribution in [0.2, 0.25) is 0 Å². The van der Waals surface area contributed by atoms with Crippen molar-refractivity contribution in [2.75, 3.05) is 13.1 Å². The van der Waals surface area contributed by atoms with E-state index in [4.69, 9.17) is 10.3 Å². The van der Waals surface area contributed by atoms with Crippen LogP contribution >= 0.6 is 12.4 Å². The SMILES string of the molecule is Cc1noc(-c2ccccc2C(=O)N2CC(CN)CC2C)n1.Cl. The lowest BCUT2D eigenvalue weighted by Crippen LogP contribution is -2.34. The molecule has 0 bridgehead atoms. The van der Waals surface area contributed by atoms with Crippen LogP contribution in [0, 0.1) is 12.8 Å². The average molecular weight is 337 g/mol. The van der Waals surface area contributed by atoms with Gasteiger partial charge >= 0.3 is 0 Å². The molecule has 2 unspecified atom stereocenters. The maximum atomic E-state index is 12.9. The molecule has 2 heterocycles. The first kappa shape index (κ1) is 17.4. The lowest BCUT2D eigenvalue weighted by Gasteiger charge is -2.22. The molecule has 1 saturated heterocycles. The van der Waals surface area contributed by atoms with Gasteiger partial charge in [0.25, 0.3) is 11.8 Å². The number of aryl methyl sites for hydroxylation is 1. The summed E-state index contributed by atoms with van der Waals surface area (Å²) in [6, 6.07) is 7.54. The zero-order valence-electron chi connectivity index (χ0n) is 13.2. The molecule has 7 heteroatoms. The Morgan fingerprint density at radius 2 is 2.17 bits per heavy atom. The Morgan fingerprint density at radius 3 is 2.78 bits per heavy atom. The van der Waals surface area contributed by atoms with Crippen LogP contribution in [0.4, 0.5) is 0 Å². The number of nitrogens with two attached hydrogens (primary N) is 1. The molecule has 23 heavy (non-hydrogen) atoms. The third kappa shape index (κ3) is 3.38. The summed E-state index contributed by atoms with van der Waals surface area (Å²) in [6.45, 7) is 5.13. The fraction of sp³-hybridized carbons (Fsp3) is 0.438. The van der Waals surface area contributed by atoms with Crippen molar-refractivity contribution in [2.45, 2.75) is 26.3 Å². The minimum absolute atomic E-state index is 0. The van der Waals surface area contributed by atoms with Gasteiger partial charge in [0.2, 0.25) is 0 Å². The van der Waals surface area contributed by atoms with E-state index in [9.17, 15) is 4.79 Å². The van der Waals surface area contributed by atoms with Gasteiger partial charge in [-0.3, -0.25) is 4.79 Å². The molecule has 1 aliphatic heterocycles. The number of aromatic nitrogens is 2. The smallest absolute Gasteiger partial charge is 0.258 e. The molecule has 124 valence electrons. The first-order valence-electron chi connectivity index (χ1n) is 7.51. The van der Waals surface area contributed by atoms with Gasteiger partial charge in [0, 0.05) is 12.6 Å². The fourth-order valence-electron chi connectivity index (χ4n) is 3.01. The van der Waals surface area contributed by atoms with E-state index in [0.717, 1.165) is 6.42 Å². The molecule has 0 saturated carbocycles. The number of halogens is 1. The van der Waals surface area contributed by atoms with E-state index in [2.05, 4.69) is 17.1 Å². The fourth-order valence-corrected chi connectivity index (χ4v) is 3.01. The van der Waals surface area contributed by atoms with E-state index in [1.54, 1.807) is 13.0 Å². The maximum Gasteiger partial charge on any atom is 0.258 e. The van der Waals surface area contributed by atoms with E-state index >= 15 is 0 Å². The van der Waals surface area contributed by atoms with Crippen LogP contribution in [-0.4, -0.2) is 40.1 Å². The second-order valence-electron chi connectivity index (χ2n) is 5.84. The Hall–Kier alpha value is -1.92. The van der Waals surface area contributed by atoms with Gasteiger partial charge in [-0.2, -0.15) is 4.98 Å². The summed E-state index contributed by atoms with van der Waals surface area (Å²) in [5.74, 6) is 1.30. The normalized spacial score (nSPS) is 20.4. The van der Waals surface area contributed by atoms with Gasteiger partial charge in [0.05, 0.1) is 11.1 Å². The minimum atomic E-state index is -0.00472. The number of carbonyl (C=O) groups excluding carboxylic acids is 1. The van der Waals surface area contributed by atoms with Crippen LogP contribution in [0.15, 0.2) is 28.8 Å². The molecule has 1 aromatic carbocycles. The molecule has 2 aromatic rings. The molecule has 1 aromatic heterocycles. The molecule has 6 nitrogen and oxygen atoms in total. The highest BCUT2D eigenvalue weighted by atomic mass is 35.5. The summed E-state index contributed by atoms with van der Waals surface area (Å²) in [4.78, 5) is 19.0. The predicted octanol–water partition coefficient (Wildman–Crippen LogP) is 2.28. The second kappa shape index (κ2) is 7.10. The van der Waals surface area contributed by atoms with Gasteiger partial charge in [-0.05, 0) is 44.9 Å². The van der Waals surface area contributed by atoms with Crippen LogP contribution in [0.5, 0.6) is 0 Å². The van der Waals surface area contributed by atoms with Gasteiger partial charge in [-0.1, -0.05) is 17.3 Å². The summed E-state index contributed by atoms with van der Waals surface area (Å²) in [5.41, 5.74) is 7.02. The number of benzene rings is 1. The molecular weight excluding hydrogens is 316 g/mol. The van der Waals surface area contributed by atoms with Crippen molar-refractivity contribution in [2.24, 2.45) is 11.7 Å². The third-order valence-corrected chi connectivity index (χ3v) is 4.17. The first-order valence-corrected chi connectivity index (χ1v) is 7.51. The van der Waals surface area contributed by atoms with Crippen molar-refractivity contribution in [1.29, 1.82) is 0 Å². The van der Waals surface area contributed by atoms with Crippen LogP contribution < -0.4 is 5.73 Å². The second-order valence-corrected chi connectivity index (χ2v) is 5.84. The van der Waals surface area contributed by atoms with E-state index in [1.807, 2.05) is 23.1 Å². The quantitative estimate of drug-likeness (QED) is 0.929. The number of nitrogens with zero attached hydrogens (tertiary/aromatic N) is 3. The highest BCUT2D eigenvalue weighted by Crippen LogP contribution is 2.28. The van der Waals surface area contributed by atoms with Gasteiger partial charge in [-0.25, -0.2) is 0 Å². The zero-order valence-corrected chi connectivity index (χ0v) is 14.0. The molecule has 0 spiro atoms. The molecule has 1 fully saturated rings. The lowest BCUT2D eigenvalue weighted by atomic mass is 10.1. The number of hydrogen-bond donors (Lipinski definition) is 1. The lowest BCUT2D eigenvalue weighted by molar-refractivity contribution is 0.0744. The largest absolute Gasteiger partial charge is 0.336 e. The molecule has 2 atom stereocenters. The topological polar surface area (TPSA) is 85.2 Å². The van der Waals surface area contributed by atoms with Gasteiger partial charge in [0.1, 0.15) is 0 Å². The molecule has 0 aliphatic carbocycles. The number of likely N-dealkylation sites (tertiary alicyclic amines) is 1. The first-order chi connectivity index (χ1) is 10.6. The van der Waals surface area contributed by atoms with E-state index in [0.29, 0.717) is 41.8 Å². The van der Waals surface area contributed by atoms with E-state index in [1.165, 1.54) is 0 Å². The number of hydrogen-bond acceptors (Lipinski definition) is 5. The third-order valence-electron chi connectivity index (χ3n) is 4.17. The minimum Gasteiger partial charge on any atom is -0.336 e.